The Morgan fingerprint density at radius 2 is 2.41 bits per heavy atom. The van der Waals surface area contributed by atoms with Crippen molar-refractivity contribution in [1.82, 2.24) is 15.2 Å². The van der Waals surface area contributed by atoms with Gasteiger partial charge >= 0.3 is 0 Å². The van der Waals surface area contributed by atoms with Crippen molar-refractivity contribution in [3.8, 4) is 0 Å². The zero-order valence-electron chi connectivity index (χ0n) is 10.3. The fraction of sp³-hybridized carbons (Fsp3) is 0.500. The molecule has 0 radical (unpaired) electrons. The number of pyridine rings is 1. The third kappa shape index (κ3) is 1.75. The molecule has 0 aliphatic carbocycles. The van der Waals surface area contributed by atoms with Crippen molar-refractivity contribution in [2.24, 2.45) is 0 Å². The molecule has 1 aromatic heterocycles. The molecule has 3 heteroatoms. The summed E-state index contributed by atoms with van der Waals surface area (Å²) in [6.07, 6.45) is 6.22. The van der Waals surface area contributed by atoms with E-state index in [1.165, 1.54) is 23.2 Å². The smallest absolute Gasteiger partial charge is 0.0531 e. The summed E-state index contributed by atoms with van der Waals surface area (Å²) in [7, 11) is 0. The predicted octanol–water partition coefficient (Wildman–Crippen LogP) is 2.01. The van der Waals surface area contributed by atoms with Crippen LogP contribution in [0.4, 0.5) is 0 Å². The molecule has 90 valence electrons. The lowest BCUT2D eigenvalue weighted by atomic mass is 9.93. The SMILES string of the molecule is C=C1CCC2C(c3ccncc3C)NCCN12. The summed E-state index contributed by atoms with van der Waals surface area (Å²) < 4.78 is 0. The molecule has 2 atom stereocenters. The van der Waals surface area contributed by atoms with Gasteiger partial charge in [0.15, 0.2) is 0 Å². The Labute approximate surface area is 103 Å². The number of aryl methyl sites for hydroxylation is 1. The first-order valence-electron chi connectivity index (χ1n) is 6.35. The van der Waals surface area contributed by atoms with E-state index in [2.05, 4.69) is 34.8 Å². The summed E-state index contributed by atoms with van der Waals surface area (Å²) in [5.41, 5.74) is 3.99. The first-order chi connectivity index (χ1) is 8.27. The van der Waals surface area contributed by atoms with Crippen LogP contribution in [0, 0.1) is 6.92 Å². The van der Waals surface area contributed by atoms with Crippen molar-refractivity contribution < 1.29 is 0 Å². The number of piperazine rings is 1. The van der Waals surface area contributed by atoms with Crippen LogP contribution in [0.3, 0.4) is 0 Å². The molecular weight excluding hydrogens is 210 g/mol. The van der Waals surface area contributed by atoms with E-state index in [1.807, 2.05) is 12.4 Å². The van der Waals surface area contributed by atoms with Gasteiger partial charge in [-0.15, -0.1) is 0 Å². The fourth-order valence-electron chi connectivity index (χ4n) is 3.15. The van der Waals surface area contributed by atoms with E-state index in [4.69, 9.17) is 0 Å². The van der Waals surface area contributed by atoms with Crippen LogP contribution < -0.4 is 5.32 Å². The van der Waals surface area contributed by atoms with Crippen molar-refractivity contribution in [3.05, 3.63) is 41.9 Å². The van der Waals surface area contributed by atoms with E-state index in [0.717, 1.165) is 19.5 Å². The first-order valence-corrected chi connectivity index (χ1v) is 6.35. The van der Waals surface area contributed by atoms with Gasteiger partial charge in [-0.25, -0.2) is 0 Å². The topological polar surface area (TPSA) is 28.2 Å². The Bertz CT molecular complexity index is 441. The van der Waals surface area contributed by atoms with Crippen LogP contribution in [0.1, 0.15) is 30.0 Å². The van der Waals surface area contributed by atoms with Crippen molar-refractivity contribution in [3.63, 3.8) is 0 Å². The lowest BCUT2D eigenvalue weighted by molar-refractivity contribution is 0.189. The summed E-state index contributed by atoms with van der Waals surface area (Å²) >= 11 is 0. The second kappa shape index (κ2) is 4.15. The Morgan fingerprint density at radius 3 is 3.24 bits per heavy atom. The first kappa shape index (κ1) is 10.8. The highest BCUT2D eigenvalue weighted by Crippen LogP contribution is 2.36. The fourth-order valence-corrected chi connectivity index (χ4v) is 3.15. The molecule has 2 aliphatic heterocycles. The summed E-state index contributed by atoms with van der Waals surface area (Å²) in [5.74, 6) is 0. The van der Waals surface area contributed by atoms with Gasteiger partial charge in [-0.3, -0.25) is 4.98 Å². The third-order valence-corrected chi connectivity index (χ3v) is 4.04. The van der Waals surface area contributed by atoms with Crippen LogP contribution in [0.2, 0.25) is 0 Å². The van der Waals surface area contributed by atoms with Gasteiger partial charge in [0.05, 0.1) is 6.04 Å². The van der Waals surface area contributed by atoms with Crippen LogP contribution in [0.15, 0.2) is 30.7 Å². The molecule has 0 bridgehead atoms. The van der Waals surface area contributed by atoms with Gasteiger partial charge in [0.2, 0.25) is 0 Å². The predicted molar refractivity (Wildman–Crippen MR) is 68.6 cm³/mol. The molecule has 0 saturated carbocycles. The highest BCUT2D eigenvalue weighted by molar-refractivity contribution is 5.29. The van der Waals surface area contributed by atoms with Gasteiger partial charge in [-0.05, 0) is 37.0 Å². The van der Waals surface area contributed by atoms with E-state index in [0.29, 0.717) is 12.1 Å². The van der Waals surface area contributed by atoms with E-state index in [1.54, 1.807) is 0 Å². The van der Waals surface area contributed by atoms with E-state index in [9.17, 15) is 0 Å². The summed E-state index contributed by atoms with van der Waals surface area (Å²) in [5, 5.41) is 3.66. The molecule has 3 nitrogen and oxygen atoms in total. The standard InChI is InChI=1S/C14H19N3/c1-10-9-15-6-5-12(10)14-13-4-3-11(2)17(13)8-7-16-14/h5-6,9,13-14,16H,2-4,7-8H2,1H3. The Morgan fingerprint density at radius 1 is 1.53 bits per heavy atom. The van der Waals surface area contributed by atoms with Gasteiger partial charge < -0.3 is 10.2 Å². The molecular formula is C14H19N3. The maximum atomic E-state index is 4.18. The molecule has 0 aromatic carbocycles. The number of rotatable bonds is 1. The molecule has 0 amide bonds. The minimum absolute atomic E-state index is 0.436. The maximum Gasteiger partial charge on any atom is 0.0531 e. The minimum Gasteiger partial charge on any atom is -0.369 e. The lowest BCUT2D eigenvalue weighted by Crippen LogP contribution is -2.49. The van der Waals surface area contributed by atoms with E-state index >= 15 is 0 Å². The highest BCUT2D eigenvalue weighted by Gasteiger charge is 2.37. The molecule has 2 fully saturated rings. The normalized spacial score (nSPS) is 28.3. The molecule has 2 saturated heterocycles. The number of allylic oxidation sites excluding steroid dienone is 1. The Kier molecular flexibility index (Phi) is 2.63. The minimum atomic E-state index is 0.436. The maximum absolute atomic E-state index is 4.18. The van der Waals surface area contributed by atoms with Crippen LogP contribution in [0.25, 0.3) is 0 Å². The lowest BCUT2D eigenvalue weighted by Gasteiger charge is -2.40. The quantitative estimate of drug-likeness (QED) is 0.798. The second-order valence-electron chi connectivity index (χ2n) is 5.03. The number of hydrogen-bond acceptors (Lipinski definition) is 3. The zero-order chi connectivity index (χ0) is 11.8. The van der Waals surface area contributed by atoms with Crippen LogP contribution in [-0.2, 0) is 0 Å². The van der Waals surface area contributed by atoms with Crippen LogP contribution >= 0.6 is 0 Å². The average Bonchev–Trinajstić information content (AvgIpc) is 2.72. The molecule has 0 spiro atoms. The third-order valence-electron chi connectivity index (χ3n) is 4.04. The van der Waals surface area contributed by atoms with E-state index in [-0.39, 0.29) is 0 Å². The van der Waals surface area contributed by atoms with Gasteiger partial charge in [-0.1, -0.05) is 6.58 Å². The number of hydrogen-bond donors (Lipinski definition) is 1. The molecule has 3 rings (SSSR count). The monoisotopic (exact) mass is 229 g/mol. The molecule has 2 unspecified atom stereocenters. The van der Waals surface area contributed by atoms with Crippen molar-refractivity contribution in [2.75, 3.05) is 13.1 Å². The second-order valence-corrected chi connectivity index (χ2v) is 5.03. The van der Waals surface area contributed by atoms with Gasteiger partial charge in [0.1, 0.15) is 0 Å². The molecule has 3 heterocycles. The van der Waals surface area contributed by atoms with Crippen LogP contribution in [0.5, 0.6) is 0 Å². The molecule has 1 N–H and O–H groups in total. The number of nitrogens with zero attached hydrogens (tertiary/aromatic N) is 2. The van der Waals surface area contributed by atoms with Gasteiger partial charge in [0.25, 0.3) is 0 Å². The summed E-state index contributed by atoms with van der Waals surface area (Å²) in [6, 6.07) is 3.17. The summed E-state index contributed by atoms with van der Waals surface area (Å²) in [4.78, 5) is 6.67. The van der Waals surface area contributed by atoms with Gasteiger partial charge in [0, 0.05) is 37.2 Å². The Balaban J connectivity index is 1.93. The highest BCUT2D eigenvalue weighted by atomic mass is 15.3. The van der Waals surface area contributed by atoms with E-state index < -0.39 is 0 Å². The molecule has 17 heavy (non-hydrogen) atoms. The number of nitrogens with one attached hydrogen (secondary N) is 1. The number of aromatic nitrogens is 1. The molecule has 1 aromatic rings. The largest absolute Gasteiger partial charge is 0.369 e. The average molecular weight is 229 g/mol. The number of fused-ring (bicyclic) bond motifs is 1. The van der Waals surface area contributed by atoms with Gasteiger partial charge in [-0.2, -0.15) is 0 Å². The Hall–Kier alpha value is -1.35. The summed E-state index contributed by atoms with van der Waals surface area (Å²) in [6.45, 7) is 8.47. The van der Waals surface area contributed by atoms with Crippen molar-refractivity contribution in [1.29, 1.82) is 0 Å². The molecule has 2 aliphatic rings. The zero-order valence-corrected chi connectivity index (χ0v) is 10.3. The van der Waals surface area contributed by atoms with Crippen molar-refractivity contribution >= 4 is 0 Å². The van der Waals surface area contributed by atoms with Crippen molar-refractivity contribution in [2.45, 2.75) is 31.8 Å². The van der Waals surface area contributed by atoms with Crippen LogP contribution in [-0.4, -0.2) is 29.0 Å².